The zero-order valence-corrected chi connectivity index (χ0v) is 14.3. The lowest BCUT2D eigenvalue weighted by atomic mass is 10.1. The Morgan fingerprint density at radius 3 is 2.86 bits per heavy atom. The molecule has 1 unspecified atom stereocenters. The first kappa shape index (κ1) is 16.3. The Labute approximate surface area is 135 Å². The number of primary amides is 1. The van der Waals surface area contributed by atoms with Gasteiger partial charge in [-0.05, 0) is 43.5 Å². The fourth-order valence-corrected chi connectivity index (χ4v) is 3.23. The van der Waals surface area contributed by atoms with Gasteiger partial charge in [-0.2, -0.15) is 0 Å². The first-order chi connectivity index (χ1) is 9.97. The zero-order valence-electron chi connectivity index (χ0n) is 12.7. The number of nitrogens with one attached hydrogen (secondary N) is 1. The van der Waals surface area contributed by atoms with E-state index in [1.54, 1.807) is 0 Å². The van der Waals surface area contributed by atoms with Gasteiger partial charge in [-0.15, -0.1) is 0 Å². The maximum atomic E-state index is 11.8. The molecule has 1 fully saturated rings. The van der Waals surface area contributed by atoms with Gasteiger partial charge in [0, 0.05) is 29.3 Å². The summed E-state index contributed by atoms with van der Waals surface area (Å²) in [6.07, 6.45) is 2.42. The van der Waals surface area contributed by atoms with Crippen molar-refractivity contribution in [2.24, 2.45) is 11.7 Å². The van der Waals surface area contributed by atoms with E-state index in [1.165, 1.54) is 12.8 Å². The fraction of sp³-hybridized carbons (Fsp3) is 0.562. The van der Waals surface area contributed by atoms with Gasteiger partial charge in [0.25, 0.3) is 5.91 Å². The smallest absolute Gasteiger partial charge is 0.250 e. The fourth-order valence-electron chi connectivity index (χ4n) is 2.87. The number of benzene rings is 1. The van der Waals surface area contributed by atoms with Crippen molar-refractivity contribution in [3.8, 4) is 0 Å². The highest BCUT2D eigenvalue weighted by molar-refractivity contribution is 9.10. The van der Waals surface area contributed by atoms with Crippen LogP contribution in [0.2, 0.25) is 0 Å². The zero-order chi connectivity index (χ0) is 15.4. The lowest BCUT2D eigenvalue weighted by Gasteiger charge is -2.31. The molecular formula is C16H24BrN3O. The van der Waals surface area contributed by atoms with Crippen LogP contribution >= 0.6 is 15.9 Å². The Hall–Kier alpha value is -1.07. The number of carbonyl (C=O) groups is 1. The third-order valence-corrected chi connectivity index (χ3v) is 4.25. The predicted octanol–water partition coefficient (Wildman–Crippen LogP) is 2.76. The topological polar surface area (TPSA) is 58.4 Å². The van der Waals surface area contributed by atoms with Crippen molar-refractivity contribution in [3.63, 3.8) is 0 Å². The molecule has 3 N–H and O–H groups in total. The molecule has 0 saturated carbocycles. The van der Waals surface area contributed by atoms with Gasteiger partial charge in [0.1, 0.15) is 0 Å². The average Bonchev–Trinajstić information content (AvgIpc) is 2.90. The molecule has 0 spiro atoms. The Bertz CT molecular complexity index is 498. The number of anilines is 1. The monoisotopic (exact) mass is 353 g/mol. The number of halogens is 1. The number of hydrogen-bond donors (Lipinski definition) is 2. The van der Waals surface area contributed by atoms with Gasteiger partial charge < -0.3 is 16.0 Å². The van der Waals surface area contributed by atoms with E-state index in [1.807, 2.05) is 18.2 Å². The van der Waals surface area contributed by atoms with Crippen molar-refractivity contribution < 1.29 is 4.79 Å². The summed E-state index contributed by atoms with van der Waals surface area (Å²) >= 11 is 3.41. The summed E-state index contributed by atoms with van der Waals surface area (Å²) in [4.78, 5) is 14.1. The van der Waals surface area contributed by atoms with Crippen molar-refractivity contribution in [2.75, 3.05) is 24.5 Å². The van der Waals surface area contributed by atoms with Crippen LogP contribution in [0.25, 0.3) is 0 Å². The highest BCUT2D eigenvalue weighted by Crippen LogP contribution is 2.26. The van der Waals surface area contributed by atoms with E-state index in [-0.39, 0.29) is 5.91 Å². The lowest BCUT2D eigenvalue weighted by Crippen LogP contribution is -2.40. The summed E-state index contributed by atoms with van der Waals surface area (Å²) in [6.45, 7) is 7.30. The van der Waals surface area contributed by atoms with Crippen LogP contribution in [0.3, 0.4) is 0 Å². The third-order valence-electron chi connectivity index (χ3n) is 3.75. The van der Waals surface area contributed by atoms with Crippen LogP contribution in [0.1, 0.15) is 37.0 Å². The minimum absolute atomic E-state index is 0.376. The van der Waals surface area contributed by atoms with Crippen LogP contribution < -0.4 is 16.0 Å². The quantitative estimate of drug-likeness (QED) is 0.826. The molecule has 1 atom stereocenters. The number of nitrogens with zero attached hydrogens (tertiary/aromatic N) is 1. The van der Waals surface area contributed by atoms with Crippen LogP contribution in [0, 0.1) is 5.92 Å². The van der Waals surface area contributed by atoms with Gasteiger partial charge >= 0.3 is 0 Å². The molecule has 1 amide bonds. The second-order valence-corrected chi connectivity index (χ2v) is 7.03. The Balaban J connectivity index is 2.28. The summed E-state index contributed by atoms with van der Waals surface area (Å²) in [7, 11) is 0. The first-order valence-corrected chi connectivity index (χ1v) is 8.34. The summed E-state index contributed by atoms with van der Waals surface area (Å²) in [6, 6.07) is 6.26. The average molecular weight is 354 g/mol. The molecule has 1 heterocycles. The minimum atomic E-state index is -0.376. The molecule has 0 bridgehead atoms. The standard InChI is InChI=1S/C16H24BrN3O/c1-11(2)9-20(10-13-4-3-7-19-13)15-6-5-12(17)8-14(15)16(18)21/h5-6,8,11,13,19H,3-4,7,9-10H2,1-2H3,(H2,18,21). The van der Waals surface area contributed by atoms with Crippen molar-refractivity contribution in [3.05, 3.63) is 28.2 Å². The number of carbonyl (C=O) groups excluding carboxylic acids is 1. The van der Waals surface area contributed by atoms with Crippen molar-refractivity contribution in [1.29, 1.82) is 0 Å². The molecule has 0 aliphatic carbocycles. The SMILES string of the molecule is CC(C)CN(CC1CCCN1)c1ccc(Br)cc1C(N)=O. The van der Waals surface area contributed by atoms with E-state index in [0.717, 1.165) is 29.8 Å². The Morgan fingerprint density at radius 1 is 1.52 bits per heavy atom. The van der Waals surface area contributed by atoms with Crippen molar-refractivity contribution >= 4 is 27.5 Å². The van der Waals surface area contributed by atoms with Gasteiger partial charge in [-0.25, -0.2) is 0 Å². The van der Waals surface area contributed by atoms with Gasteiger partial charge in [-0.3, -0.25) is 4.79 Å². The van der Waals surface area contributed by atoms with Gasteiger partial charge in [0.2, 0.25) is 0 Å². The molecule has 2 rings (SSSR count). The van der Waals surface area contributed by atoms with Crippen LogP contribution in [0.15, 0.2) is 22.7 Å². The maximum absolute atomic E-state index is 11.8. The molecule has 116 valence electrons. The predicted molar refractivity (Wildman–Crippen MR) is 90.7 cm³/mol. The minimum Gasteiger partial charge on any atom is -0.369 e. The van der Waals surface area contributed by atoms with Gasteiger partial charge in [0.05, 0.1) is 5.56 Å². The highest BCUT2D eigenvalue weighted by Gasteiger charge is 2.22. The summed E-state index contributed by atoms with van der Waals surface area (Å²) in [5, 5.41) is 3.52. The summed E-state index contributed by atoms with van der Waals surface area (Å²) in [5.74, 6) is 0.148. The molecule has 4 nitrogen and oxygen atoms in total. The molecule has 1 aromatic rings. The highest BCUT2D eigenvalue weighted by atomic mass is 79.9. The Morgan fingerprint density at radius 2 is 2.29 bits per heavy atom. The normalized spacial score (nSPS) is 18.2. The maximum Gasteiger partial charge on any atom is 0.250 e. The van der Waals surface area contributed by atoms with E-state index in [9.17, 15) is 4.79 Å². The molecule has 1 aliphatic heterocycles. The van der Waals surface area contributed by atoms with Crippen molar-refractivity contribution in [1.82, 2.24) is 5.32 Å². The lowest BCUT2D eigenvalue weighted by molar-refractivity contribution is 0.100. The molecule has 5 heteroatoms. The molecule has 1 aromatic carbocycles. The van der Waals surface area contributed by atoms with Crippen molar-refractivity contribution in [2.45, 2.75) is 32.7 Å². The van der Waals surface area contributed by atoms with Crippen LogP contribution in [-0.2, 0) is 0 Å². The third kappa shape index (κ3) is 4.45. The molecule has 1 aliphatic rings. The van der Waals surface area contributed by atoms with Crippen LogP contribution in [-0.4, -0.2) is 31.6 Å². The summed E-state index contributed by atoms with van der Waals surface area (Å²) < 4.78 is 0.878. The number of hydrogen-bond acceptors (Lipinski definition) is 3. The van der Waals surface area contributed by atoms with E-state index >= 15 is 0 Å². The van der Waals surface area contributed by atoms with Crippen LogP contribution in [0.5, 0.6) is 0 Å². The Kier molecular flexibility index (Phi) is 5.65. The van der Waals surface area contributed by atoms with Crippen LogP contribution in [0.4, 0.5) is 5.69 Å². The number of amides is 1. The first-order valence-electron chi connectivity index (χ1n) is 7.55. The largest absolute Gasteiger partial charge is 0.369 e. The molecular weight excluding hydrogens is 330 g/mol. The number of rotatable bonds is 6. The second-order valence-electron chi connectivity index (χ2n) is 6.12. The second kappa shape index (κ2) is 7.27. The van der Waals surface area contributed by atoms with E-state index < -0.39 is 0 Å². The summed E-state index contributed by atoms with van der Waals surface area (Å²) in [5.41, 5.74) is 7.08. The molecule has 0 aromatic heterocycles. The van der Waals surface area contributed by atoms with E-state index in [0.29, 0.717) is 17.5 Å². The van der Waals surface area contributed by atoms with E-state index in [2.05, 4.69) is 40.0 Å². The van der Waals surface area contributed by atoms with Gasteiger partial charge in [-0.1, -0.05) is 29.8 Å². The molecule has 1 saturated heterocycles. The molecule has 0 radical (unpaired) electrons. The van der Waals surface area contributed by atoms with Gasteiger partial charge in [0.15, 0.2) is 0 Å². The van der Waals surface area contributed by atoms with E-state index in [4.69, 9.17) is 5.73 Å². The molecule has 21 heavy (non-hydrogen) atoms. The number of nitrogens with two attached hydrogens (primary N) is 1.